The second-order valence-electron chi connectivity index (χ2n) is 27.6. The molecule has 7 aliphatic carbocycles. The third kappa shape index (κ3) is 7.71. The summed E-state index contributed by atoms with van der Waals surface area (Å²) in [4.78, 5) is 58.0. The minimum absolute atomic E-state index is 0.0173. The number of esters is 2. The molecular formula is C62H87N5O5. The molecule has 72 heavy (non-hydrogen) atoms. The van der Waals surface area contributed by atoms with Gasteiger partial charge in [0.05, 0.1) is 29.0 Å². The van der Waals surface area contributed by atoms with Gasteiger partial charge in [0, 0.05) is 49.2 Å². The number of carbonyl (C=O) groups excluding carboxylic acids is 3. The van der Waals surface area contributed by atoms with Gasteiger partial charge in [-0.05, 0) is 185 Å². The van der Waals surface area contributed by atoms with Crippen LogP contribution < -0.4 is 0 Å². The SMILES string of the molecule is CN(C)CCn1cc(-c2cccnc2)nc1[C@@H]1CCCN1C(=O)[C@]12CC[C@@H](C3(C)CC3)[C@@H]1[C@H]1CC[C@@H]3[C@@]4(C)CC[C@H](OC(=O)[C@H]5C[C@@H](C(=O)OCc6ccccc6)C5(C)C)C(C)(C)[C@@H]4CC[C@@]3(C)[C@]1(C)CC2. The van der Waals surface area contributed by atoms with Gasteiger partial charge in [-0.1, -0.05) is 85.7 Å². The van der Waals surface area contributed by atoms with Gasteiger partial charge in [0.1, 0.15) is 18.5 Å². The van der Waals surface area contributed by atoms with E-state index in [2.05, 4.69) is 87.3 Å². The van der Waals surface area contributed by atoms with Crippen LogP contribution in [-0.2, 0) is 37.0 Å². The van der Waals surface area contributed by atoms with Gasteiger partial charge in [0.2, 0.25) is 5.91 Å². The lowest BCUT2D eigenvalue weighted by Gasteiger charge is -2.73. The van der Waals surface area contributed by atoms with Gasteiger partial charge in [-0.15, -0.1) is 0 Å². The van der Waals surface area contributed by atoms with Crippen LogP contribution in [0.5, 0.6) is 0 Å². The molecule has 2 aromatic heterocycles. The van der Waals surface area contributed by atoms with E-state index in [1.54, 1.807) is 0 Å². The summed E-state index contributed by atoms with van der Waals surface area (Å²) < 4.78 is 14.8. The number of likely N-dealkylation sites (N-methyl/N-ethyl adjacent to an activating group) is 1. The highest BCUT2D eigenvalue weighted by molar-refractivity contribution is 5.85. The molecule has 8 fully saturated rings. The minimum Gasteiger partial charge on any atom is -0.462 e. The van der Waals surface area contributed by atoms with E-state index in [1.807, 2.05) is 62.6 Å². The van der Waals surface area contributed by atoms with Crippen molar-refractivity contribution in [2.24, 2.45) is 79.3 Å². The highest BCUT2D eigenvalue weighted by Crippen LogP contribution is 2.79. The van der Waals surface area contributed by atoms with E-state index in [9.17, 15) is 9.59 Å². The Labute approximate surface area is 431 Å². The number of ether oxygens (including phenoxy) is 2. The average Bonchev–Trinajstić information content (AvgIpc) is 3.67. The van der Waals surface area contributed by atoms with E-state index < -0.39 is 5.41 Å². The summed E-state index contributed by atoms with van der Waals surface area (Å²) >= 11 is 0. The second kappa shape index (κ2) is 17.8. The molecule has 1 amide bonds. The van der Waals surface area contributed by atoms with Crippen molar-refractivity contribution in [2.45, 2.75) is 177 Å². The average molecular weight is 982 g/mol. The molecule has 1 aliphatic heterocycles. The second-order valence-corrected chi connectivity index (χ2v) is 27.6. The normalized spacial score (nSPS) is 38.9. The van der Waals surface area contributed by atoms with Crippen LogP contribution in [0.25, 0.3) is 11.3 Å². The first kappa shape index (κ1) is 50.1. The van der Waals surface area contributed by atoms with Crippen molar-refractivity contribution in [3.8, 4) is 11.3 Å². The Morgan fingerprint density at radius 3 is 2.21 bits per heavy atom. The maximum Gasteiger partial charge on any atom is 0.309 e. The van der Waals surface area contributed by atoms with Crippen LogP contribution in [0.4, 0.5) is 0 Å². The molecule has 10 nitrogen and oxygen atoms in total. The number of hydrogen-bond donors (Lipinski definition) is 0. The summed E-state index contributed by atoms with van der Waals surface area (Å²) in [5.41, 5.74) is 2.69. The number of likely N-dealkylation sites (tertiary alicyclic amines) is 1. The van der Waals surface area contributed by atoms with E-state index in [0.717, 1.165) is 93.6 Å². The molecule has 10 heteroatoms. The fourth-order valence-corrected chi connectivity index (χ4v) is 18.7. The molecule has 0 spiro atoms. The summed E-state index contributed by atoms with van der Waals surface area (Å²) in [6, 6.07) is 13.9. The van der Waals surface area contributed by atoms with Gasteiger partial charge >= 0.3 is 11.9 Å². The van der Waals surface area contributed by atoms with E-state index in [0.29, 0.717) is 47.3 Å². The third-order valence-corrected chi connectivity index (χ3v) is 23.4. The number of pyridine rings is 1. The number of imidazole rings is 1. The Hall–Kier alpha value is -4.05. The largest absolute Gasteiger partial charge is 0.462 e. The Morgan fingerprint density at radius 2 is 1.50 bits per heavy atom. The number of rotatable bonds is 12. The zero-order valence-electron chi connectivity index (χ0n) is 45.7. The van der Waals surface area contributed by atoms with Crippen molar-refractivity contribution in [3.05, 3.63) is 72.4 Å². The van der Waals surface area contributed by atoms with Crippen LogP contribution in [0.3, 0.4) is 0 Å². The van der Waals surface area contributed by atoms with Crippen LogP contribution in [0.1, 0.15) is 169 Å². The monoisotopic (exact) mass is 982 g/mol. The van der Waals surface area contributed by atoms with Gasteiger partial charge in [0.25, 0.3) is 0 Å². The molecule has 8 aliphatic rings. The van der Waals surface area contributed by atoms with Gasteiger partial charge in [0.15, 0.2) is 0 Å². The number of aromatic nitrogens is 3. The summed E-state index contributed by atoms with van der Waals surface area (Å²) in [5, 5.41) is 0. The molecule has 0 bridgehead atoms. The molecule has 1 saturated heterocycles. The minimum atomic E-state index is -0.521. The molecular weight excluding hydrogens is 895 g/mol. The fourth-order valence-electron chi connectivity index (χ4n) is 18.7. The zero-order valence-corrected chi connectivity index (χ0v) is 45.7. The quantitative estimate of drug-likeness (QED) is 0.165. The first-order valence-corrected chi connectivity index (χ1v) is 28.5. The van der Waals surface area contributed by atoms with Crippen LogP contribution in [0, 0.1) is 79.3 Å². The molecule has 0 radical (unpaired) electrons. The van der Waals surface area contributed by atoms with Crippen LogP contribution in [0.15, 0.2) is 61.1 Å². The Morgan fingerprint density at radius 1 is 0.736 bits per heavy atom. The number of benzene rings is 1. The number of carbonyl (C=O) groups is 3. The fraction of sp³-hybridized carbons (Fsp3) is 0.726. The lowest BCUT2D eigenvalue weighted by Crippen LogP contribution is -2.67. The molecule has 3 aromatic rings. The molecule has 3 heterocycles. The van der Waals surface area contributed by atoms with E-state index in [4.69, 9.17) is 14.5 Å². The zero-order chi connectivity index (χ0) is 50.8. The molecule has 1 aromatic carbocycles. The first-order chi connectivity index (χ1) is 34.2. The van der Waals surface area contributed by atoms with Gasteiger partial charge < -0.3 is 23.8 Å². The molecule has 13 atom stereocenters. The number of fused-ring (bicyclic) bond motifs is 7. The summed E-state index contributed by atoms with van der Waals surface area (Å²) in [7, 11) is 4.26. The lowest BCUT2D eigenvalue weighted by molar-refractivity contribution is -0.253. The maximum atomic E-state index is 16.1. The van der Waals surface area contributed by atoms with Crippen LogP contribution in [-0.4, -0.2) is 75.5 Å². The number of amides is 1. The third-order valence-electron chi connectivity index (χ3n) is 23.4. The summed E-state index contributed by atoms with van der Waals surface area (Å²) in [5.74, 6) is 3.05. The topological polar surface area (TPSA) is 107 Å². The maximum absolute atomic E-state index is 16.1. The molecule has 0 unspecified atom stereocenters. The van der Waals surface area contributed by atoms with Gasteiger partial charge in [-0.25, -0.2) is 4.98 Å². The predicted molar refractivity (Wildman–Crippen MR) is 281 cm³/mol. The van der Waals surface area contributed by atoms with E-state index in [1.165, 1.54) is 38.5 Å². The Kier molecular flexibility index (Phi) is 12.4. The first-order valence-electron chi connectivity index (χ1n) is 28.5. The molecule has 390 valence electrons. The van der Waals surface area contributed by atoms with Gasteiger partial charge in [-0.3, -0.25) is 19.4 Å². The molecule has 7 saturated carbocycles. The van der Waals surface area contributed by atoms with Crippen molar-refractivity contribution >= 4 is 17.8 Å². The lowest BCUT2D eigenvalue weighted by atomic mass is 9.32. The van der Waals surface area contributed by atoms with Crippen LogP contribution >= 0.6 is 0 Å². The summed E-state index contributed by atoms with van der Waals surface area (Å²) in [6.07, 6.45) is 21.9. The van der Waals surface area contributed by atoms with Gasteiger partial charge in [-0.2, -0.15) is 0 Å². The molecule has 0 N–H and O–H groups in total. The predicted octanol–water partition coefficient (Wildman–Crippen LogP) is 12.4. The van der Waals surface area contributed by atoms with Crippen molar-refractivity contribution in [1.82, 2.24) is 24.3 Å². The smallest absolute Gasteiger partial charge is 0.309 e. The van der Waals surface area contributed by atoms with Crippen molar-refractivity contribution in [3.63, 3.8) is 0 Å². The van der Waals surface area contributed by atoms with E-state index in [-0.39, 0.29) is 69.6 Å². The summed E-state index contributed by atoms with van der Waals surface area (Å²) in [6.45, 7) is 22.3. The highest BCUT2D eigenvalue weighted by Gasteiger charge is 2.74. The number of hydrogen-bond acceptors (Lipinski definition) is 8. The van der Waals surface area contributed by atoms with Crippen molar-refractivity contribution in [2.75, 3.05) is 27.2 Å². The Balaban J connectivity index is 0.820. The van der Waals surface area contributed by atoms with Crippen LogP contribution in [0.2, 0.25) is 0 Å². The highest BCUT2D eigenvalue weighted by atomic mass is 16.5. The molecule has 11 rings (SSSR count). The van der Waals surface area contributed by atoms with Crippen molar-refractivity contribution < 1.29 is 23.9 Å². The Bertz CT molecular complexity index is 2530. The standard InChI is InChI=1S/C62H87N5O5/c1-56(2)44(53(68)71-39-40-16-12-11-13-17-40)36-45(56)54(69)72-50-24-25-59(6)48(57(50,3)4)23-26-61(8)49(59)21-20-43-51-42(58(5)28-29-58)22-27-62(51,31-30-60(43,61)7)55(70)67-33-15-19-47(67)52-64-46(41-18-14-32-63-37-41)38-66(52)35-34-65(9)10/h11-14,16-18,32,37-38,42-45,47-51H,15,19-31,33-36,39H2,1-10H3/t42-,43-,44+,45-,47+,48+,49-,50+,51-,59+,60-,61-,62+/m1/s1. The van der Waals surface area contributed by atoms with E-state index >= 15 is 4.79 Å². The van der Waals surface area contributed by atoms with Crippen molar-refractivity contribution in [1.29, 1.82) is 0 Å². The number of nitrogens with zero attached hydrogens (tertiary/aromatic N) is 5.